The molecule has 1 unspecified atom stereocenters. The van der Waals surface area contributed by atoms with Crippen molar-refractivity contribution in [1.82, 2.24) is 19.7 Å². The molecule has 0 saturated heterocycles. The highest BCUT2D eigenvalue weighted by atomic mass is 16.4. The molecular formula is C12H15N5O2. The van der Waals surface area contributed by atoms with Crippen molar-refractivity contribution in [3.05, 3.63) is 30.9 Å². The topological polar surface area (TPSA) is 84.1 Å². The molecule has 2 aromatic rings. The van der Waals surface area contributed by atoms with Crippen LogP contribution in [0.5, 0.6) is 0 Å². The molecule has 0 spiro atoms. The van der Waals surface area contributed by atoms with Gasteiger partial charge in [0.1, 0.15) is 5.82 Å². The van der Waals surface area contributed by atoms with Crippen molar-refractivity contribution in [2.75, 3.05) is 18.5 Å². The molecule has 0 amide bonds. The molecule has 100 valence electrons. The zero-order chi connectivity index (χ0) is 13.8. The zero-order valence-electron chi connectivity index (χ0n) is 10.8. The lowest BCUT2D eigenvalue weighted by atomic mass is 10.2. The van der Waals surface area contributed by atoms with Gasteiger partial charge in [-0.3, -0.25) is 9.78 Å². The van der Waals surface area contributed by atoms with Crippen molar-refractivity contribution in [2.24, 2.45) is 5.92 Å². The second-order valence-corrected chi connectivity index (χ2v) is 4.31. The fourth-order valence-electron chi connectivity index (χ4n) is 1.63. The summed E-state index contributed by atoms with van der Waals surface area (Å²) in [5.74, 6) is -0.0957. The van der Waals surface area contributed by atoms with Crippen molar-refractivity contribution in [2.45, 2.75) is 6.92 Å². The Kier molecular flexibility index (Phi) is 3.74. The lowest BCUT2D eigenvalue weighted by molar-refractivity contribution is -0.140. The van der Waals surface area contributed by atoms with Crippen LogP contribution in [-0.4, -0.2) is 44.4 Å². The number of hydrogen-bond acceptors (Lipinski definition) is 5. The average molecular weight is 261 g/mol. The van der Waals surface area contributed by atoms with Gasteiger partial charge in [0.15, 0.2) is 5.82 Å². The van der Waals surface area contributed by atoms with Crippen molar-refractivity contribution >= 4 is 11.8 Å². The molecule has 0 aromatic carbocycles. The molecular weight excluding hydrogens is 246 g/mol. The third-order valence-corrected chi connectivity index (χ3v) is 2.71. The summed E-state index contributed by atoms with van der Waals surface area (Å²) >= 11 is 0. The summed E-state index contributed by atoms with van der Waals surface area (Å²) in [5, 5.41) is 13.0. The van der Waals surface area contributed by atoms with Gasteiger partial charge in [-0.15, -0.1) is 0 Å². The van der Waals surface area contributed by atoms with Crippen LogP contribution in [0.4, 0.5) is 5.82 Å². The largest absolute Gasteiger partial charge is 0.481 e. The Bertz CT molecular complexity index is 555. The van der Waals surface area contributed by atoms with Crippen LogP contribution in [0.2, 0.25) is 0 Å². The standard InChI is InChI=1S/C12H15N5O2/c1-9(12(18)19)8-16(2)10-6-13-7-11(15-10)17-5-3-4-14-17/h3-7,9H,8H2,1-2H3,(H,18,19). The van der Waals surface area contributed by atoms with E-state index in [1.807, 2.05) is 0 Å². The molecule has 1 atom stereocenters. The van der Waals surface area contributed by atoms with Gasteiger partial charge in [0.05, 0.1) is 18.3 Å². The van der Waals surface area contributed by atoms with Crippen LogP contribution in [0.15, 0.2) is 30.9 Å². The highest BCUT2D eigenvalue weighted by Gasteiger charge is 2.15. The predicted molar refractivity (Wildman–Crippen MR) is 69.2 cm³/mol. The van der Waals surface area contributed by atoms with E-state index in [4.69, 9.17) is 5.11 Å². The Balaban J connectivity index is 2.17. The van der Waals surface area contributed by atoms with Gasteiger partial charge in [0, 0.05) is 26.0 Å². The van der Waals surface area contributed by atoms with E-state index in [2.05, 4.69) is 15.1 Å². The van der Waals surface area contributed by atoms with Gasteiger partial charge in [-0.25, -0.2) is 9.67 Å². The molecule has 0 aliphatic rings. The zero-order valence-corrected chi connectivity index (χ0v) is 10.8. The van der Waals surface area contributed by atoms with Gasteiger partial charge in [0.2, 0.25) is 0 Å². The predicted octanol–water partition coefficient (Wildman–Crippen LogP) is 0.819. The Morgan fingerprint density at radius 2 is 2.32 bits per heavy atom. The summed E-state index contributed by atoms with van der Waals surface area (Å²) in [6, 6.07) is 1.80. The molecule has 0 saturated carbocycles. The van der Waals surface area contributed by atoms with E-state index >= 15 is 0 Å². The van der Waals surface area contributed by atoms with Crippen LogP contribution in [0.1, 0.15) is 6.92 Å². The summed E-state index contributed by atoms with van der Waals surface area (Å²) in [4.78, 5) is 21.1. The number of nitrogens with zero attached hydrogens (tertiary/aromatic N) is 5. The molecule has 0 aliphatic heterocycles. The first-order chi connectivity index (χ1) is 9.08. The average Bonchev–Trinajstić information content (AvgIpc) is 2.92. The number of aromatic nitrogens is 4. The van der Waals surface area contributed by atoms with E-state index in [1.165, 1.54) is 0 Å². The highest BCUT2D eigenvalue weighted by molar-refractivity contribution is 5.70. The van der Waals surface area contributed by atoms with Crippen molar-refractivity contribution < 1.29 is 9.90 Å². The number of carbonyl (C=O) groups is 1. The summed E-state index contributed by atoms with van der Waals surface area (Å²) < 4.78 is 1.60. The van der Waals surface area contributed by atoms with Gasteiger partial charge in [0.25, 0.3) is 0 Å². The minimum Gasteiger partial charge on any atom is -0.481 e. The third-order valence-electron chi connectivity index (χ3n) is 2.71. The number of rotatable bonds is 5. The number of aliphatic carboxylic acids is 1. The normalized spacial score (nSPS) is 12.1. The summed E-state index contributed by atoms with van der Waals surface area (Å²) in [6.07, 6.45) is 6.63. The monoisotopic (exact) mass is 261 g/mol. The van der Waals surface area contributed by atoms with E-state index < -0.39 is 11.9 Å². The smallest absolute Gasteiger partial charge is 0.308 e. The van der Waals surface area contributed by atoms with Gasteiger partial charge < -0.3 is 10.0 Å². The highest BCUT2D eigenvalue weighted by Crippen LogP contribution is 2.12. The van der Waals surface area contributed by atoms with Gasteiger partial charge in [-0.05, 0) is 6.07 Å². The van der Waals surface area contributed by atoms with Crippen LogP contribution >= 0.6 is 0 Å². The number of carboxylic acid groups (broad SMARTS) is 1. The Morgan fingerprint density at radius 3 is 2.95 bits per heavy atom. The first kappa shape index (κ1) is 13.0. The van der Waals surface area contributed by atoms with Crippen LogP contribution in [-0.2, 0) is 4.79 Å². The molecule has 0 fully saturated rings. The van der Waals surface area contributed by atoms with E-state index in [-0.39, 0.29) is 0 Å². The molecule has 19 heavy (non-hydrogen) atoms. The maximum atomic E-state index is 10.8. The van der Waals surface area contributed by atoms with Gasteiger partial charge >= 0.3 is 5.97 Å². The van der Waals surface area contributed by atoms with Crippen molar-refractivity contribution in [1.29, 1.82) is 0 Å². The third kappa shape index (κ3) is 3.06. The van der Waals surface area contributed by atoms with Crippen LogP contribution in [0.25, 0.3) is 5.82 Å². The maximum Gasteiger partial charge on any atom is 0.308 e. The van der Waals surface area contributed by atoms with Crippen LogP contribution < -0.4 is 4.90 Å². The van der Waals surface area contributed by atoms with Crippen LogP contribution in [0.3, 0.4) is 0 Å². The lowest BCUT2D eigenvalue weighted by Crippen LogP contribution is -2.29. The maximum absolute atomic E-state index is 10.8. The van der Waals surface area contributed by atoms with E-state index in [1.54, 1.807) is 54.4 Å². The molecule has 0 radical (unpaired) electrons. The lowest BCUT2D eigenvalue weighted by Gasteiger charge is -2.20. The van der Waals surface area contributed by atoms with Crippen molar-refractivity contribution in [3.8, 4) is 5.82 Å². The molecule has 0 aliphatic carbocycles. The molecule has 7 heteroatoms. The minimum absolute atomic E-state index is 0.368. The van der Waals surface area contributed by atoms with Gasteiger partial charge in [-0.2, -0.15) is 5.10 Å². The molecule has 2 heterocycles. The van der Waals surface area contributed by atoms with E-state index in [9.17, 15) is 4.79 Å². The molecule has 2 rings (SSSR count). The number of anilines is 1. The summed E-state index contributed by atoms with van der Waals surface area (Å²) in [7, 11) is 1.79. The molecule has 2 aromatic heterocycles. The second-order valence-electron chi connectivity index (χ2n) is 4.31. The Hall–Kier alpha value is -2.44. The second kappa shape index (κ2) is 5.47. The fraction of sp³-hybridized carbons (Fsp3) is 0.333. The minimum atomic E-state index is -0.831. The Morgan fingerprint density at radius 1 is 1.53 bits per heavy atom. The van der Waals surface area contributed by atoms with Crippen LogP contribution in [0, 0.1) is 5.92 Å². The van der Waals surface area contributed by atoms with E-state index in [0.717, 1.165) is 0 Å². The van der Waals surface area contributed by atoms with Gasteiger partial charge in [-0.1, -0.05) is 6.92 Å². The SMILES string of the molecule is CC(CN(C)c1cncc(-n2cccn2)n1)C(=O)O. The number of carboxylic acids is 1. The quantitative estimate of drug-likeness (QED) is 0.857. The molecule has 7 nitrogen and oxygen atoms in total. The summed E-state index contributed by atoms with van der Waals surface area (Å²) in [6.45, 7) is 2.02. The van der Waals surface area contributed by atoms with Crippen molar-refractivity contribution in [3.63, 3.8) is 0 Å². The molecule has 0 bridgehead atoms. The molecule has 1 N–H and O–H groups in total. The first-order valence-electron chi connectivity index (χ1n) is 5.84. The summed E-state index contributed by atoms with van der Waals surface area (Å²) in [5.41, 5.74) is 0. The first-order valence-corrected chi connectivity index (χ1v) is 5.84. The fourth-order valence-corrected chi connectivity index (χ4v) is 1.63. The Labute approximate surface area is 110 Å². The number of hydrogen-bond donors (Lipinski definition) is 1. The van der Waals surface area contributed by atoms with E-state index in [0.29, 0.717) is 18.2 Å².